The maximum absolute atomic E-state index is 12.9. The van der Waals surface area contributed by atoms with E-state index in [2.05, 4.69) is 4.90 Å². The van der Waals surface area contributed by atoms with Crippen molar-refractivity contribution in [1.29, 1.82) is 0 Å². The average molecular weight is 504 g/mol. The molecule has 1 fully saturated rings. The number of hydrogen-bond donors (Lipinski definition) is 3. The van der Waals surface area contributed by atoms with E-state index in [1.165, 1.54) is 6.92 Å². The number of ether oxygens (including phenoxy) is 4. The Kier molecular flexibility index (Phi) is 5.77. The predicted octanol–water partition coefficient (Wildman–Crippen LogP) is 0.283. The highest BCUT2D eigenvalue weighted by Crippen LogP contribution is 2.65. The lowest BCUT2D eigenvalue weighted by molar-refractivity contribution is -0.178. The average Bonchev–Trinajstić information content (AvgIpc) is 3.18. The Balaban J connectivity index is 1.45. The number of benzene rings is 1. The second kappa shape index (κ2) is 8.46. The fourth-order valence-corrected chi connectivity index (χ4v) is 6.34. The minimum absolute atomic E-state index is 0.159. The van der Waals surface area contributed by atoms with Gasteiger partial charge in [-0.3, -0.25) is 4.79 Å². The Labute approximate surface area is 207 Å². The van der Waals surface area contributed by atoms with E-state index in [0.29, 0.717) is 30.9 Å². The molecule has 1 aromatic rings. The number of hydrogen-bond acceptors (Lipinski definition) is 10. The summed E-state index contributed by atoms with van der Waals surface area (Å²) in [5.41, 5.74) is -0.0817. The summed E-state index contributed by atoms with van der Waals surface area (Å²) in [6, 6.07) is 3.67. The van der Waals surface area contributed by atoms with E-state index in [1.807, 2.05) is 19.2 Å². The molecule has 2 heterocycles. The summed E-state index contributed by atoms with van der Waals surface area (Å²) in [7, 11) is 3.53. The van der Waals surface area contributed by atoms with Crippen LogP contribution in [0.3, 0.4) is 0 Å². The van der Waals surface area contributed by atoms with Crippen LogP contribution in [0.15, 0.2) is 24.0 Å². The predicted molar refractivity (Wildman–Crippen MR) is 121 cm³/mol. The molecule has 0 aromatic heterocycles. The molecule has 0 saturated carbocycles. The number of likely N-dealkylation sites (tertiary alicyclic amines) is 1. The number of aliphatic carboxylic acids is 1. The highest BCUT2D eigenvalue weighted by molar-refractivity contribution is 5.84. The first-order valence-electron chi connectivity index (χ1n) is 11.8. The molecule has 194 valence electrons. The van der Waals surface area contributed by atoms with Crippen molar-refractivity contribution in [3.05, 3.63) is 35.1 Å². The highest BCUT2D eigenvalue weighted by Gasteiger charge is 2.72. The molecule has 2 bridgehead atoms. The Bertz CT molecular complexity index is 1160. The minimum Gasteiger partial charge on any atom is -0.493 e. The normalized spacial score (nSPS) is 31.3. The van der Waals surface area contributed by atoms with Gasteiger partial charge in [0, 0.05) is 18.0 Å². The van der Waals surface area contributed by atoms with Crippen LogP contribution in [0, 0.1) is 0 Å². The number of likely N-dealkylation sites (N-methyl/N-ethyl adjacent to an activating group) is 1. The summed E-state index contributed by atoms with van der Waals surface area (Å²) in [6.07, 6.45) is -1.89. The molecule has 0 amide bonds. The topological polar surface area (TPSA) is 152 Å². The van der Waals surface area contributed by atoms with Gasteiger partial charge in [0.2, 0.25) is 0 Å². The molecule has 2 aliphatic carbocycles. The van der Waals surface area contributed by atoms with Crippen LogP contribution in [-0.4, -0.2) is 88.8 Å². The van der Waals surface area contributed by atoms with Gasteiger partial charge in [-0.05, 0) is 51.1 Å². The zero-order chi connectivity index (χ0) is 26.0. The van der Waals surface area contributed by atoms with E-state index in [9.17, 15) is 24.6 Å². The number of piperidine rings is 1. The number of esters is 2. The Morgan fingerprint density at radius 3 is 2.72 bits per heavy atom. The molecule has 1 spiro atoms. The molecule has 1 saturated heterocycles. The van der Waals surface area contributed by atoms with Gasteiger partial charge in [-0.2, -0.15) is 0 Å². The van der Waals surface area contributed by atoms with Crippen LogP contribution >= 0.6 is 0 Å². The monoisotopic (exact) mass is 503 g/mol. The van der Waals surface area contributed by atoms with Gasteiger partial charge in [-0.25, -0.2) is 9.59 Å². The molecule has 1 aromatic carbocycles. The first kappa shape index (κ1) is 24.5. The number of carboxylic acid groups (broad SMARTS) is 1. The van der Waals surface area contributed by atoms with E-state index in [-0.39, 0.29) is 18.2 Å². The van der Waals surface area contributed by atoms with Crippen LogP contribution in [-0.2, 0) is 35.7 Å². The zero-order valence-corrected chi connectivity index (χ0v) is 20.2. The van der Waals surface area contributed by atoms with E-state index < -0.39 is 53.7 Å². The van der Waals surface area contributed by atoms with E-state index in [4.69, 9.17) is 24.1 Å². The fraction of sp³-hybridized carbons (Fsp3) is 0.560. The Hall–Kier alpha value is -3.15. The summed E-state index contributed by atoms with van der Waals surface area (Å²) >= 11 is 0. The van der Waals surface area contributed by atoms with E-state index in [0.717, 1.165) is 11.1 Å². The van der Waals surface area contributed by atoms with Gasteiger partial charge >= 0.3 is 17.9 Å². The lowest BCUT2D eigenvalue weighted by Crippen LogP contribution is -2.74. The molecule has 5 rings (SSSR count). The van der Waals surface area contributed by atoms with Gasteiger partial charge in [-0.1, -0.05) is 6.07 Å². The zero-order valence-electron chi connectivity index (χ0n) is 20.2. The molecule has 6 atom stereocenters. The number of rotatable bonds is 7. The summed E-state index contributed by atoms with van der Waals surface area (Å²) in [6.45, 7) is 1.98. The van der Waals surface area contributed by atoms with Crippen LogP contribution < -0.4 is 9.47 Å². The highest BCUT2D eigenvalue weighted by atomic mass is 16.6. The van der Waals surface area contributed by atoms with Gasteiger partial charge in [0.25, 0.3) is 0 Å². The molecule has 4 aliphatic rings. The summed E-state index contributed by atoms with van der Waals surface area (Å²) in [5, 5.41) is 30.5. The summed E-state index contributed by atoms with van der Waals surface area (Å²) in [4.78, 5) is 37.7. The number of carboxylic acids is 1. The molecular formula is C25H29NO10. The van der Waals surface area contributed by atoms with Gasteiger partial charge < -0.3 is 39.2 Å². The third-order valence-corrected chi connectivity index (χ3v) is 8.04. The SMILES string of the molecule is COc1ccc2c3c1O[C@H]1C(OC(=O)C(C)OC(=O)C(O)CC(=O)O)=CC[C@@]4(O)[C@@H](C2)N(C)CC[C@]314. The number of aliphatic hydroxyl groups excluding tert-OH is 1. The van der Waals surface area contributed by atoms with Crippen molar-refractivity contribution in [2.75, 3.05) is 20.7 Å². The third-order valence-electron chi connectivity index (χ3n) is 8.04. The van der Waals surface area contributed by atoms with Crippen molar-refractivity contribution in [2.45, 2.75) is 68.0 Å². The fourth-order valence-electron chi connectivity index (χ4n) is 6.34. The number of aliphatic hydroxyl groups is 2. The minimum atomic E-state index is -1.91. The lowest BCUT2D eigenvalue weighted by atomic mass is 9.50. The standard InChI is InChI=1S/C25H29NO10/c1-12(34-23(31)14(27)11-18(28)29)22(30)35-16-6-7-25(32)17-10-13-4-5-15(33-3)20-19(13)24(25,21(16)36-20)8-9-26(17)2/h4-6,12,14,17,21,27,32H,7-11H2,1-3H3,(H,28,29)/t12?,14?,17-,21+,24+,25-/m1/s1. The van der Waals surface area contributed by atoms with Crippen molar-refractivity contribution in [3.8, 4) is 11.5 Å². The smallest absolute Gasteiger partial charge is 0.352 e. The Morgan fingerprint density at radius 1 is 1.28 bits per heavy atom. The second-order valence-corrected chi connectivity index (χ2v) is 9.90. The van der Waals surface area contributed by atoms with Gasteiger partial charge in [0.15, 0.2) is 29.8 Å². The number of carbonyl (C=O) groups is 3. The van der Waals surface area contributed by atoms with Crippen LogP contribution in [0.5, 0.6) is 11.5 Å². The van der Waals surface area contributed by atoms with E-state index in [1.54, 1.807) is 13.2 Å². The molecule has 11 heteroatoms. The Morgan fingerprint density at radius 2 is 2.03 bits per heavy atom. The quantitative estimate of drug-likeness (QED) is 0.440. The maximum Gasteiger partial charge on any atom is 0.352 e. The summed E-state index contributed by atoms with van der Waals surface area (Å²) < 4.78 is 22.5. The molecular weight excluding hydrogens is 474 g/mol. The van der Waals surface area contributed by atoms with Crippen molar-refractivity contribution >= 4 is 17.9 Å². The molecule has 36 heavy (non-hydrogen) atoms. The molecule has 2 aliphatic heterocycles. The molecule has 11 nitrogen and oxygen atoms in total. The number of methoxy groups -OCH3 is 1. The molecule has 3 N–H and O–H groups in total. The van der Waals surface area contributed by atoms with Crippen molar-refractivity contribution in [2.24, 2.45) is 0 Å². The lowest BCUT2D eigenvalue weighted by Gasteiger charge is -2.61. The third kappa shape index (κ3) is 3.33. The van der Waals surface area contributed by atoms with Crippen LogP contribution in [0.25, 0.3) is 0 Å². The van der Waals surface area contributed by atoms with Crippen molar-refractivity contribution in [1.82, 2.24) is 4.90 Å². The summed E-state index contributed by atoms with van der Waals surface area (Å²) in [5.74, 6) is -2.28. The van der Waals surface area contributed by atoms with E-state index >= 15 is 0 Å². The molecule has 0 radical (unpaired) electrons. The van der Waals surface area contributed by atoms with Gasteiger partial charge in [0.05, 0.1) is 24.5 Å². The number of nitrogens with zero attached hydrogens (tertiary/aromatic N) is 1. The van der Waals surface area contributed by atoms with Crippen LogP contribution in [0.1, 0.15) is 37.3 Å². The van der Waals surface area contributed by atoms with Crippen LogP contribution in [0.4, 0.5) is 0 Å². The number of carbonyl (C=O) groups excluding carboxylic acids is 2. The largest absolute Gasteiger partial charge is 0.493 e. The molecule has 2 unspecified atom stereocenters. The maximum atomic E-state index is 12.9. The van der Waals surface area contributed by atoms with Crippen molar-refractivity contribution in [3.63, 3.8) is 0 Å². The first-order chi connectivity index (χ1) is 17.0. The van der Waals surface area contributed by atoms with Gasteiger partial charge in [-0.15, -0.1) is 0 Å². The first-order valence-corrected chi connectivity index (χ1v) is 11.8. The van der Waals surface area contributed by atoms with Crippen molar-refractivity contribution < 1.29 is 48.7 Å². The van der Waals surface area contributed by atoms with Gasteiger partial charge in [0.1, 0.15) is 5.76 Å². The van der Waals surface area contributed by atoms with Crippen LogP contribution in [0.2, 0.25) is 0 Å². The second-order valence-electron chi connectivity index (χ2n) is 9.90.